The third kappa shape index (κ3) is 2.37. The lowest BCUT2D eigenvalue weighted by Gasteiger charge is -2.24. The second-order valence-corrected chi connectivity index (χ2v) is 4.28. The Balaban J connectivity index is 2.00. The van der Waals surface area contributed by atoms with Crippen LogP contribution in [0.15, 0.2) is 12.2 Å². The van der Waals surface area contributed by atoms with Gasteiger partial charge in [0.15, 0.2) is 0 Å². The standard InChI is InChI=1S/C11H15NO3/c13-10(12-7-5-6-7)8-3-1-2-4-9(8)11(14)15/h1-2,7-9H,3-6H2,(H,12,13)(H,14,15)/t8-,9+/m0/s1. The van der Waals surface area contributed by atoms with Crippen molar-refractivity contribution in [1.82, 2.24) is 5.32 Å². The molecule has 0 spiro atoms. The highest BCUT2D eigenvalue weighted by Crippen LogP contribution is 2.27. The summed E-state index contributed by atoms with van der Waals surface area (Å²) < 4.78 is 0. The molecule has 0 aromatic rings. The number of amides is 1. The molecule has 0 radical (unpaired) electrons. The Kier molecular flexibility index (Phi) is 2.75. The van der Waals surface area contributed by atoms with Crippen LogP contribution in [0.5, 0.6) is 0 Å². The maximum Gasteiger partial charge on any atom is 0.307 e. The Bertz CT molecular complexity index is 307. The normalized spacial score (nSPS) is 29.9. The van der Waals surface area contributed by atoms with E-state index in [4.69, 9.17) is 5.11 Å². The number of aliphatic carboxylic acids is 1. The fourth-order valence-electron chi connectivity index (χ4n) is 1.91. The molecule has 1 amide bonds. The molecule has 2 aliphatic rings. The smallest absolute Gasteiger partial charge is 0.307 e. The molecule has 1 fully saturated rings. The molecule has 0 saturated heterocycles. The summed E-state index contributed by atoms with van der Waals surface area (Å²) in [5.41, 5.74) is 0. The van der Waals surface area contributed by atoms with Crippen LogP contribution in [-0.2, 0) is 9.59 Å². The van der Waals surface area contributed by atoms with Crippen molar-refractivity contribution < 1.29 is 14.7 Å². The SMILES string of the molecule is O=C(NC1CC1)[C@H]1CC=CC[C@H]1C(=O)O. The molecule has 2 N–H and O–H groups in total. The molecular formula is C11H15NO3. The lowest BCUT2D eigenvalue weighted by Crippen LogP contribution is -2.39. The van der Waals surface area contributed by atoms with Crippen molar-refractivity contribution in [2.24, 2.45) is 11.8 Å². The molecule has 4 heteroatoms. The molecule has 0 heterocycles. The second-order valence-electron chi connectivity index (χ2n) is 4.28. The van der Waals surface area contributed by atoms with Gasteiger partial charge in [-0.3, -0.25) is 9.59 Å². The van der Waals surface area contributed by atoms with E-state index in [0.29, 0.717) is 18.9 Å². The van der Waals surface area contributed by atoms with Gasteiger partial charge in [0, 0.05) is 6.04 Å². The minimum Gasteiger partial charge on any atom is -0.481 e. The molecule has 0 aromatic carbocycles. The summed E-state index contributed by atoms with van der Waals surface area (Å²) in [5.74, 6) is -1.88. The summed E-state index contributed by atoms with van der Waals surface area (Å²) in [7, 11) is 0. The Hall–Kier alpha value is -1.32. The molecule has 2 atom stereocenters. The molecule has 0 bridgehead atoms. The quantitative estimate of drug-likeness (QED) is 0.679. The number of carboxylic acids is 1. The highest BCUT2D eigenvalue weighted by molar-refractivity contribution is 5.85. The van der Waals surface area contributed by atoms with Gasteiger partial charge in [-0.15, -0.1) is 0 Å². The van der Waals surface area contributed by atoms with E-state index >= 15 is 0 Å². The lowest BCUT2D eigenvalue weighted by molar-refractivity contribution is -0.147. The molecule has 1 saturated carbocycles. The number of hydrogen-bond donors (Lipinski definition) is 2. The number of carbonyl (C=O) groups is 2. The van der Waals surface area contributed by atoms with E-state index in [0.717, 1.165) is 12.8 Å². The topological polar surface area (TPSA) is 66.4 Å². The maximum absolute atomic E-state index is 11.8. The van der Waals surface area contributed by atoms with Gasteiger partial charge in [-0.05, 0) is 25.7 Å². The largest absolute Gasteiger partial charge is 0.481 e. The Morgan fingerprint density at radius 2 is 1.73 bits per heavy atom. The molecular weight excluding hydrogens is 194 g/mol. The van der Waals surface area contributed by atoms with Crippen molar-refractivity contribution in [2.45, 2.75) is 31.7 Å². The van der Waals surface area contributed by atoms with Crippen LogP contribution in [0, 0.1) is 11.8 Å². The molecule has 0 aliphatic heterocycles. The van der Waals surface area contributed by atoms with Crippen LogP contribution >= 0.6 is 0 Å². The molecule has 82 valence electrons. The van der Waals surface area contributed by atoms with E-state index in [1.165, 1.54) is 0 Å². The van der Waals surface area contributed by atoms with Crippen LogP contribution in [0.25, 0.3) is 0 Å². The van der Waals surface area contributed by atoms with Crippen LogP contribution < -0.4 is 5.32 Å². The second kappa shape index (κ2) is 4.04. The first-order valence-corrected chi connectivity index (χ1v) is 5.36. The average Bonchev–Trinajstić information content (AvgIpc) is 3.01. The van der Waals surface area contributed by atoms with Crippen LogP contribution in [0.2, 0.25) is 0 Å². The average molecular weight is 209 g/mol. The summed E-state index contributed by atoms with van der Waals surface area (Å²) >= 11 is 0. The molecule has 4 nitrogen and oxygen atoms in total. The van der Waals surface area contributed by atoms with Crippen LogP contribution in [0.1, 0.15) is 25.7 Å². The van der Waals surface area contributed by atoms with Crippen molar-refractivity contribution in [3.05, 3.63) is 12.2 Å². The van der Waals surface area contributed by atoms with Gasteiger partial charge in [0.25, 0.3) is 0 Å². The number of nitrogens with one attached hydrogen (secondary N) is 1. The lowest BCUT2D eigenvalue weighted by atomic mass is 9.82. The van der Waals surface area contributed by atoms with Crippen molar-refractivity contribution in [2.75, 3.05) is 0 Å². The first-order chi connectivity index (χ1) is 7.18. The van der Waals surface area contributed by atoms with Gasteiger partial charge in [-0.25, -0.2) is 0 Å². The summed E-state index contributed by atoms with van der Waals surface area (Å²) in [6.07, 6.45) is 6.84. The fourth-order valence-corrected chi connectivity index (χ4v) is 1.91. The van der Waals surface area contributed by atoms with E-state index in [2.05, 4.69) is 5.32 Å². The van der Waals surface area contributed by atoms with Gasteiger partial charge < -0.3 is 10.4 Å². The fraction of sp³-hybridized carbons (Fsp3) is 0.636. The molecule has 15 heavy (non-hydrogen) atoms. The highest BCUT2D eigenvalue weighted by atomic mass is 16.4. The zero-order valence-electron chi connectivity index (χ0n) is 8.48. The van der Waals surface area contributed by atoms with Gasteiger partial charge >= 0.3 is 5.97 Å². The van der Waals surface area contributed by atoms with E-state index in [1.807, 2.05) is 12.2 Å². The third-order valence-corrected chi connectivity index (χ3v) is 3.01. The van der Waals surface area contributed by atoms with Crippen molar-refractivity contribution >= 4 is 11.9 Å². The zero-order valence-corrected chi connectivity index (χ0v) is 8.48. The number of carboxylic acid groups (broad SMARTS) is 1. The summed E-state index contributed by atoms with van der Waals surface area (Å²) in [6, 6.07) is 0.304. The maximum atomic E-state index is 11.8. The van der Waals surface area contributed by atoms with Gasteiger partial charge in [-0.2, -0.15) is 0 Å². The minimum atomic E-state index is -0.865. The number of hydrogen-bond acceptors (Lipinski definition) is 2. The van der Waals surface area contributed by atoms with Gasteiger partial charge in [0.2, 0.25) is 5.91 Å². The van der Waals surface area contributed by atoms with E-state index in [1.54, 1.807) is 0 Å². The van der Waals surface area contributed by atoms with Gasteiger partial charge in [-0.1, -0.05) is 12.2 Å². The Morgan fingerprint density at radius 3 is 2.27 bits per heavy atom. The summed E-state index contributed by atoms with van der Waals surface area (Å²) in [5, 5.41) is 11.9. The number of allylic oxidation sites excluding steroid dienone is 2. The first kappa shape index (κ1) is 10.2. The van der Waals surface area contributed by atoms with Crippen LogP contribution in [0.4, 0.5) is 0 Å². The van der Waals surface area contributed by atoms with Crippen molar-refractivity contribution in [3.63, 3.8) is 0 Å². The molecule has 2 rings (SSSR count). The van der Waals surface area contributed by atoms with E-state index in [-0.39, 0.29) is 11.8 Å². The van der Waals surface area contributed by atoms with Gasteiger partial charge in [0.05, 0.1) is 11.8 Å². The van der Waals surface area contributed by atoms with Crippen molar-refractivity contribution in [3.8, 4) is 0 Å². The highest BCUT2D eigenvalue weighted by Gasteiger charge is 2.36. The monoisotopic (exact) mass is 209 g/mol. The van der Waals surface area contributed by atoms with Crippen LogP contribution in [0.3, 0.4) is 0 Å². The predicted octanol–water partition coefficient (Wildman–Crippen LogP) is 0.932. The van der Waals surface area contributed by atoms with Crippen molar-refractivity contribution in [1.29, 1.82) is 0 Å². The summed E-state index contributed by atoms with van der Waals surface area (Å²) in [4.78, 5) is 22.7. The van der Waals surface area contributed by atoms with E-state index in [9.17, 15) is 9.59 Å². The Labute approximate surface area is 88.4 Å². The minimum absolute atomic E-state index is 0.0887. The Morgan fingerprint density at radius 1 is 1.13 bits per heavy atom. The van der Waals surface area contributed by atoms with Gasteiger partial charge in [0.1, 0.15) is 0 Å². The van der Waals surface area contributed by atoms with Crippen LogP contribution in [-0.4, -0.2) is 23.0 Å². The molecule has 0 aromatic heterocycles. The predicted molar refractivity (Wildman–Crippen MR) is 54.2 cm³/mol. The first-order valence-electron chi connectivity index (χ1n) is 5.36. The zero-order chi connectivity index (χ0) is 10.8. The summed E-state index contributed by atoms with van der Waals surface area (Å²) in [6.45, 7) is 0. The molecule has 0 unspecified atom stereocenters. The molecule has 2 aliphatic carbocycles. The number of carbonyl (C=O) groups excluding carboxylic acids is 1. The third-order valence-electron chi connectivity index (χ3n) is 3.01. The van der Waals surface area contributed by atoms with E-state index < -0.39 is 11.9 Å². The number of rotatable bonds is 3.